The Morgan fingerprint density at radius 3 is 2.25 bits per heavy atom. The Labute approximate surface area is 72.3 Å². The molecule has 1 aliphatic carbocycles. The second kappa shape index (κ2) is 3.03. The van der Waals surface area contributed by atoms with Gasteiger partial charge >= 0.3 is 0 Å². The summed E-state index contributed by atoms with van der Waals surface area (Å²) < 4.78 is 0. The van der Waals surface area contributed by atoms with Crippen LogP contribution >= 0.6 is 0 Å². The fraction of sp³-hybridized carbons (Fsp3) is 0.875. The smallest absolute Gasteiger partial charge is 0.225 e. The van der Waals surface area contributed by atoms with E-state index in [-0.39, 0.29) is 0 Å². The van der Waals surface area contributed by atoms with Crippen molar-refractivity contribution in [2.75, 3.05) is 26.2 Å². The van der Waals surface area contributed by atoms with E-state index >= 15 is 0 Å². The van der Waals surface area contributed by atoms with Gasteiger partial charge < -0.3 is 4.90 Å². The summed E-state index contributed by atoms with van der Waals surface area (Å²) in [5, 5.41) is 1.77. The van der Waals surface area contributed by atoms with Crippen molar-refractivity contribution < 1.29 is 4.79 Å². The predicted molar refractivity (Wildman–Crippen MR) is 45.1 cm³/mol. The van der Waals surface area contributed by atoms with E-state index in [1.807, 2.05) is 4.90 Å². The second-order valence-electron chi connectivity index (χ2n) is 3.64. The Morgan fingerprint density at radius 1 is 1.17 bits per heavy atom. The number of rotatable bonds is 1. The van der Waals surface area contributed by atoms with Gasteiger partial charge in [-0.1, -0.05) is 0 Å². The third kappa shape index (κ3) is 1.59. The van der Waals surface area contributed by atoms with Crippen LogP contribution in [-0.2, 0) is 4.79 Å². The van der Waals surface area contributed by atoms with Gasteiger partial charge in [0.25, 0.3) is 0 Å². The van der Waals surface area contributed by atoms with Gasteiger partial charge in [0, 0.05) is 32.1 Å². The van der Waals surface area contributed by atoms with E-state index in [2.05, 4.69) is 0 Å². The van der Waals surface area contributed by atoms with Gasteiger partial charge in [-0.15, -0.1) is 0 Å². The highest BCUT2D eigenvalue weighted by Crippen LogP contribution is 2.31. The molecular formula is C8H15N3O. The number of piperazine rings is 1. The van der Waals surface area contributed by atoms with Crippen LogP contribution in [0, 0.1) is 5.92 Å². The maximum absolute atomic E-state index is 11.5. The Bertz CT molecular complexity index is 183. The lowest BCUT2D eigenvalue weighted by atomic mass is 10.3. The summed E-state index contributed by atoms with van der Waals surface area (Å²) in [7, 11) is 0. The zero-order valence-corrected chi connectivity index (χ0v) is 7.20. The van der Waals surface area contributed by atoms with Gasteiger partial charge in [-0.3, -0.25) is 10.6 Å². The van der Waals surface area contributed by atoms with Gasteiger partial charge in [-0.05, 0) is 12.8 Å². The maximum atomic E-state index is 11.5. The highest BCUT2D eigenvalue weighted by Gasteiger charge is 2.34. The molecule has 0 aromatic carbocycles. The summed E-state index contributed by atoms with van der Waals surface area (Å²) in [4.78, 5) is 13.5. The van der Waals surface area contributed by atoms with Crippen LogP contribution in [0.5, 0.6) is 0 Å². The molecule has 0 bridgehead atoms. The van der Waals surface area contributed by atoms with Crippen LogP contribution < -0.4 is 5.84 Å². The van der Waals surface area contributed by atoms with E-state index in [1.54, 1.807) is 5.01 Å². The van der Waals surface area contributed by atoms with E-state index in [1.165, 1.54) is 0 Å². The largest absolute Gasteiger partial charge is 0.340 e. The van der Waals surface area contributed by atoms with Crippen LogP contribution in [0.3, 0.4) is 0 Å². The van der Waals surface area contributed by atoms with Crippen molar-refractivity contribution in [3.8, 4) is 0 Å². The topological polar surface area (TPSA) is 49.6 Å². The quantitative estimate of drug-likeness (QED) is 0.534. The van der Waals surface area contributed by atoms with E-state index < -0.39 is 0 Å². The number of amides is 1. The van der Waals surface area contributed by atoms with Crippen LogP contribution in [0.1, 0.15) is 12.8 Å². The third-order valence-electron chi connectivity index (χ3n) is 2.55. The van der Waals surface area contributed by atoms with Crippen LogP contribution in [0.4, 0.5) is 0 Å². The lowest BCUT2D eigenvalue weighted by molar-refractivity contribution is -0.134. The van der Waals surface area contributed by atoms with Gasteiger partial charge in [0.05, 0.1) is 0 Å². The lowest BCUT2D eigenvalue weighted by Gasteiger charge is -2.32. The van der Waals surface area contributed by atoms with Gasteiger partial charge in [0.15, 0.2) is 0 Å². The average Bonchev–Trinajstić information content (AvgIpc) is 2.87. The molecule has 4 nitrogen and oxygen atoms in total. The number of carbonyl (C=O) groups is 1. The molecule has 0 atom stereocenters. The van der Waals surface area contributed by atoms with Crippen LogP contribution in [-0.4, -0.2) is 42.0 Å². The number of nitrogens with two attached hydrogens (primary N) is 1. The molecular weight excluding hydrogens is 154 g/mol. The molecule has 2 aliphatic rings. The van der Waals surface area contributed by atoms with E-state index in [0.717, 1.165) is 39.0 Å². The first-order chi connectivity index (χ1) is 5.77. The molecule has 0 spiro atoms. The molecule has 2 rings (SSSR count). The normalized spacial score (nSPS) is 25.9. The molecule has 0 unspecified atom stereocenters. The molecule has 1 saturated carbocycles. The summed E-state index contributed by atoms with van der Waals surface area (Å²) >= 11 is 0. The molecule has 1 amide bonds. The first-order valence-electron chi connectivity index (χ1n) is 4.56. The van der Waals surface area contributed by atoms with E-state index in [0.29, 0.717) is 11.8 Å². The first kappa shape index (κ1) is 8.01. The van der Waals surface area contributed by atoms with Crippen LogP contribution in [0.15, 0.2) is 0 Å². The average molecular weight is 169 g/mol. The minimum absolute atomic E-state index is 0.350. The van der Waals surface area contributed by atoms with Crippen LogP contribution in [0.2, 0.25) is 0 Å². The third-order valence-corrected chi connectivity index (χ3v) is 2.55. The molecule has 1 aliphatic heterocycles. The number of hydrogen-bond acceptors (Lipinski definition) is 3. The van der Waals surface area contributed by atoms with Crippen LogP contribution in [0.25, 0.3) is 0 Å². The lowest BCUT2D eigenvalue weighted by Crippen LogP contribution is -2.51. The van der Waals surface area contributed by atoms with Crippen molar-refractivity contribution in [3.63, 3.8) is 0 Å². The SMILES string of the molecule is NN1CCN(C(=O)C2CC2)CC1. The Morgan fingerprint density at radius 2 is 1.75 bits per heavy atom. The van der Waals surface area contributed by atoms with Crippen molar-refractivity contribution in [3.05, 3.63) is 0 Å². The molecule has 12 heavy (non-hydrogen) atoms. The zero-order chi connectivity index (χ0) is 8.55. The minimum Gasteiger partial charge on any atom is -0.340 e. The van der Waals surface area contributed by atoms with Crippen molar-refractivity contribution in [2.24, 2.45) is 11.8 Å². The van der Waals surface area contributed by atoms with E-state index in [9.17, 15) is 4.79 Å². The minimum atomic E-state index is 0.350. The molecule has 68 valence electrons. The fourth-order valence-corrected chi connectivity index (χ4v) is 1.53. The van der Waals surface area contributed by atoms with Crippen molar-refractivity contribution in [1.29, 1.82) is 0 Å². The highest BCUT2D eigenvalue weighted by molar-refractivity contribution is 5.81. The van der Waals surface area contributed by atoms with Crippen molar-refractivity contribution in [2.45, 2.75) is 12.8 Å². The number of hydrazine groups is 1. The molecule has 0 radical (unpaired) electrons. The maximum Gasteiger partial charge on any atom is 0.225 e. The second-order valence-corrected chi connectivity index (χ2v) is 3.64. The number of nitrogens with zero attached hydrogens (tertiary/aromatic N) is 2. The monoisotopic (exact) mass is 169 g/mol. The molecule has 0 aromatic heterocycles. The zero-order valence-electron chi connectivity index (χ0n) is 7.20. The molecule has 4 heteroatoms. The highest BCUT2D eigenvalue weighted by atomic mass is 16.2. The molecule has 2 N–H and O–H groups in total. The molecule has 1 heterocycles. The van der Waals surface area contributed by atoms with Crippen molar-refractivity contribution in [1.82, 2.24) is 9.91 Å². The van der Waals surface area contributed by atoms with Gasteiger partial charge in [0.1, 0.15) is 0 Å². The Balaban J connectivity index is 1.84. The van der Waals surface area contributed by atoms with E-state index in [4.69, 9.17) is 5.84 Å². The molecule has 2 fully saturated rings. The molecule has 0 aromatic rings. The summed E-state index contributed by atoms with van der Waals surface area (Å²) in [6.45, 7) is 3.26. The summed E-state index contributed by atoms with van der Waals surface area (Å²) in [6.07, 6.45) is 2.20. The van der Waals surface area contributed by atoms with Gasteiger partial charge in [0.2, 0.25) is 5.91 Å². The van der Waals surface area contributed by atoms with Gasteiger partial charge in [-0.2, -0.15) is 0 Å². The van der Waals surface area contributed by atoms with Crippen molar-refractivity contribution >= 4 is 5.91 Å². The predicted octanol–water partition coefficient (Wildman–Crippen LogP) is -0.586. The number of hydrogen-bond donors (Lipinski definition) is 1. The van der Waals surface area contributed by atoms with Gasteiger partial charge in [-0.25, -0.2) is 5.01 Å². The summed E-state index contributed by atoms with van der Waals surface area (Å²) in [6, 6.07) is 0. The summed E-state index contributed by atoms with van der Waals surface area (Å²) in [5.74, 6) is 6.29. The fourth-order valence-electron chi connectivity index (χ4n) is 1.53. The molecule has 1 saturated heterocycles. The standard InChI is InChI=1S/C8H15N3O/c9-11-5-3-10(4-6-11)8(12)7-1-2-7/h7H,1-6,9H2. The first-order valence-corrected chi connectivity index (χ1v) is 4.56. The Hall–Kier alpha value is -0.610. The number of carbonyl (C=O) groups excluding carboxylic acids is 1. The Kier molecular flexibility index (Phi) is 2.02. The summed E-state index contributed by atoms with van der Waals surface area (Å²) in [5.41, 5.74) is 0.